The van der Waals surface area contributed by atoms with Gasteiger partial charge in [-0.3, -0.25) is 0 Å². The molecule has 1 aromatic carbocycles. The highest BCUT2D eigenvalue weighted by Gasteiger charge is 2.38. The van der Waals surface area contributed by atoms with Crippen LogP contribution in [0.4, 0.5) is 0 Å². The van der Waals surface area contributed by atoms with Gasteiger partial charge < -0.3 is 20.3 Å². The standard InChI is InChI=1S/C17H27NO3/c1-20-11-8-14-4-6-16(7-5-14)21-12-9-15-3-2-10-17(15,18)13-19/h4-7,15,19H,2-3,8-13,18H2,1H3. The molecule has 1 saturated carbocycles. The van der Waals surface area contributed by atoms with Gasteiger partial charge in [-0.15, -0.1) is 0 Å². The second kappa shape index (κ2) is 7.78. The van der Waals surface area contributed by atoms with Crippen LogP contribution in [0, 0.1) is 5.92 Å². The summed E-state index contributed by atoms with van der Waals surface area (Å²) in [7, 11) is 1.71. The van der Waals surface area contributed by atoms with Gasteiger partial charge in [0.25, 0.3) is 0 Å². The summed E-state index contributed by atoms with van der Waals surface area (Å²) >= 11 is 0. The maximum Gasteiger partial charge on any atom is 0.119 e. The van der Waals surface area contributed by atoms with Crippen molar-refractivity contribution < 1.29 is 14.6 Å². The van der Waals surface area contributed by atoms with Crippen molar-refractivity contribution in [1.82, 2.24) is 0 Å². The van der Waals surface area contributed by atoms with Crippen LogP contribution in [0.2, 0.25) is 0 Å². The van der Waals surface area contributed by atoms with Crippen LogP contribution >= 0.6 is 0 Å². The normalized spacial score (nSPS) is 25.2. The summed E-state index contributed by atoms with van der Waals surface area (Å²) in [5, 5.41) is 9.44. The van der Waals surface area contributed by atoms with Crippen LogP contribution in [0.5, 0.6) is 5.75 Å². The first kappa shape index (κ1) is 16.3. The summed E-state index contributed by atoms with van der Waals surface area (Å²) in [5.41, 5.74) is 7.09. The maximum absolute atomic E-state index is 9.44. The summed E-state index contributed by atoms with van der Waals surface area (Å²) in [4.78, 5) is 0. The van der Waals surface area contributed by atoms with E-state index in [4.69, 9.17) is 15.2 Å². The third-order valence-corrected chi connectivity index (χ3v) is 4.56. The molecule has 21 heavy (non-hydrogen) atoms. The Morgan fingerprint density at radius 2 is 2.05 bits per heavy atom. The van der Waals surface area contributed by atoms with E-state index >= 15 is 0 Å². The molecule has 4 heteroatoms. The minimum Gasteiger partial charge on any atom is -0.494 e. The molecule has 0 radical (unpaired) electrons. The van der Waals surface area contributed by atoms with Crippen LogP contribution in [-0.4, -0.2) is 37.6 Å². The van der Waals surface area contributed by atoms with E-state index < -0.39 is 5.54 Å². The topological polar surface area (TPSA) is 64.7 Å². The van der Waals surface area contributed by atoms with Gasteiger partial charge in [0.2, 0.25) is 0 Å². The summed E-state index contributed by atoms with van der Waals surface area (Å²) in [6.45, 7) is 1.47. The van der Waals surface area contributed by atoms with Crippen LogP contribution in [0.15, 0.2) is 24.3 Å². The summed E-state index contributed by atoms with van der Waals surface area (Å²) in [6.07, 6.45) is 4.95. The fourth-order valence-corrected chi connectivity index (χ4v) is 3.10. The zero-order valence-electron chi connectivity index (χ0n) is 12.9. The molecule has 4 nitrogen and oxygen atoms in total. The number of hydrogen-bond acceptors (Lipinski definition) is 4. The number of methoxy groups -OCH3 is 1. The third-order valence-electron chi connectivity index (χ3n) is 4.56. The van der Waals surface area contributed by atoms with Crippen molar-refractivity contribution in [3.8, 4) is 5.75 Å². The Bertz CT molecular complexity index is 421. The van der Waals surface area contributed by atoms with Crippen molar-refractivity contribution in [2.45, 2.75) is 37.6 Å². The van der Waals surface area contributed by atoms with Crippen molar-refractivity contribution in [2.24, 2.45) is 11.7 Å². The number of aliphatic hydroxyl groups is 1. The van der Waals surface area contributed by atoms with Gasteiger partial charge in [0.1, 0.15) is 5.75 Å². The molecule has 0 bridgehead atoms. The molecule has 1 aliphatic rings. The molecule has 118 valence electrons. The zero-order valence-corrected chi connectivity index (χ0v) is 12.9. The van der Waals surface area contributed by atoms with Crippen molar-refractivity contribution >= 4 is 0 Å². The quantitative estimate of drug-likeness (QED) is 0.770. The fourth-order valence-electron chi connectivity index (χ4n) is 3.10. The van der Waals surface area contributed by atoms with E-state index in [9.17, 15) is 5.11 Å². The highest BCUT2D eigenvalue weighted by atomic mass is 16.5. The highest BCUT2D eigenvalue weighted by Crippen LogP contribution is 2.35. The first-order valence-corrected chi connectivity index (χ1v) is 7.78. The molecule has 2 unspecified atom stereocenters. The minimum atomic E-state index is -0.395. The highest BCUT2D eigenvalue weighted by molar-refractivity contribution is 5.27. The van der Waals surface area contributed by atoms with Crippen LogP contribution in [0.25, 0.3) is 0 Å². The summed E-state index contributed by atoms with van der Waals surface area (Å²) in [5.74, 6) is 1.25. The molecule has 1 fully saturated rings. The predicted molar refractivity (Wildman–Crippen MR) is 83.5 cm³/mol. The Labute approximate surface area is 127 Å². The van der Waals surface area contributed by atoms with Gasteiger partial charge in [-0.05, 0) is 49.3 Å². The Hall–Kier alpha value is -1.10. The van der Waals surface area contributed by atoms with E-state index in [0.29, 0.717) is 12.5 Å². The van der Waals surface area contributed by atoms with E-state index in [0.717, 1.165) is 44.5 Å². The average Bonchev–Trinajstić information content (AvgIpc) is 2.88. The Kier molecular flexibility index (Phi) is 6.03. The second-order valence-corrected chi connectivity index (χ2v) is 6.00. The summed E-state index contributed by atoms with van der Waals surface area (Å²) in [6, 6.07) is 8.15. The smallest absolute Gasteiger partial charge is 0.119 e. The van der Waals surface area contributed by atoms with E-state index in [-0.39, 0.29) is 6.61 Å². The molecule has 0 amide bonds. The molecule has 1 aliphatic carbocycles. The number of hydrogen-bond donors (Lipinski definition) is 2. The Morgan fingerprint density at radius 3 is 2.71 bits per heavy atom. The zero-order chi connectivity index (χ0) is 15.1. The van der Waals surface area contributed by atoms with E-state index in [1.807, 2.05) is 12.1 Å². The van der Waals surface area contributed by atoms with Crippen molar-refractivity contribution in [3.05, 3.63) is 29.8 Å². The molecule has 0 saturated heterocycles. The molecule has 2 atom stereocenters. The van der Waals surface area contributed by atoms with Gasteiger partial charge >= 0.3 is 0 Å². The SMILES string of the molecule is COCCc1ccc(OCCC2CCCC2(N)CO)cc1. The predicted octanol–water partition coefficient (Wildman–Crippen LogP) is 2.13. The number of ether oxygens (including phenoxy) is 2. The molecular formula is C17H27NO3. The van der Waals surface area contributed by atoms with Crippen LogP contribution in [0.3, 0.4) is 0 Å². The van der Waals surface area contributed by atoms with Gasteiger partial charge in [-0.1, -0.05) is 18.6 Å². The number of aliphatic hydroxyl groups excluding tert-OH is 1. The van der Waals surface area contributed by atoms with E-state index in [1.54, 1.807) is 7.11 Å². The molecular weight excluding hydrogens is 266 g/mol. The summed E-state index contributed by atoms with van der Waals surface area (Å²) < 4.78 is 10.9. The number of rotatable bonds is 8. The first-order valence-electron chi connectivity index (χ1n) is 7.78. The average molecular weight is 293 g/mol. The van der Waals surface area contributed by atoms with E-state index in [2.05, 4.69) is 12.1 Å². The van der Waals surface area contributed by atoms with Gasteiger partial charge in [-0.25, -0.2) is 0 Å². The number of benzene rings is 1. The molecule has 1 aromatic rings. The van der Waals surface area contributed by atoms with Crippen LogP contribution in [-0.2, 0) is 11.2 Å². The van der Waals surface area contributed by atoms with Gasteiger partial charge in [-0.2, -0.15) is 0 Å². The maximum atomic E-state index is 9.44. The lowest BCUT2D eigenvalue weighted by atomic mass is 9.87. The second-order valence-electron chi connectivity index (χ2n) is 6.00. The lowest BCUT2D eigenvalue weighted by Gasteiger charge is -2.29. The molecule has 0 spiro atoms. The minimum absolute atomic E-state index is 0.0753. The van der Waals surface area contributed by atoms with Crippen molar-refractivity contribution in [2.75, 3.05) is 26.9 Å². The lowest BCUT2D eigenvalue weighted by molar-refractivity contribution is 0.143. The van der Waals surface area contributed by atoms with Crippen LogP contribution in [0.1, 0.15) is 31.2 Å². The molecule has 0 aliphatic heterocycles. The van der Waals surface area contributed by atoms with E-state index in [1.165, 1.54) is 5.56 Å². The van der Waals surface area contributed by atoms with Crippen molar-refractivity contribution in [3.63, 3.8) is 0 Å². The molecule has 0 aromatic heterocycles. The Morgan fingerprint density at radius 1 is 1.29 bits per heavy atom. The first-order chi connectivity index (χ1) is 10.2. The van der Waals surface area contributed by atoms with Gasteiger partial charge in [0.15, 0.2) is 0 Å². The fraction of sp³-hybridized carbons (Fsp3) is 0.647. The monoisotopic (exact) mass is 293 g/mol. The number of nitrogens with two attached hydrogens (primary N) is 1. The third kappa shape index (κ3) is 4.43. The van der Waals surface area contributed by atoms with Crippen LogP contribution < -0.4 is 10.5 Å². The van der Waals surface area contributed by atoms with Gasteiger partial charge in [0, 0.05) is 12.6 Å². The van der Waals surface area contributed by atoms with Crippen molar-refractivity contribution in [1.29, 1.82) is 0 Å². The lowest BCUT2D eigenvalue weighted by Crippen LogP contribution is -2.47. The largest absolute Gasteiger partial charge is 0.494 e. The molecule has 0 heterocycles. The van der Waals surface area contributed by atoms with Gasteiger partial charge in [0.05, 0.1) is 19.8 Å². The Balaban J connectivity index is 1.75. The molecule has 2 rings (SSSR count). The molecule has 3 N–H and O–H groups in total.